The molecular formula is C26H35N3O3. The van der Waals surface area contributed by atoms with Crippen molar-refractivity contribution in [2.45, 2.75) is 50.0 Å². The van der Waals surface area contributed by atoms with Crippen molar-refractivity contribution in [1.82, 2.24) is 15.1 Å². The lowest BCUT2D eigenvalue weighted by Gasteiger charge is -2.35. The molecule has 2 aliphatic rings. The summed E-state index contributed by atoms with van der Waals surface area (Å²) < 4.78 is 0. The smallest absolute Gasteiger partial charge is 0.223 e. The van der Waals surface area contributed by atoms with Gasteiger partial charge in [0.25, 0.3) is 0 Å². The van der Waals surface area contributed by atoms with Crippen molar-refractivity contribution in [1.29, 1.82) is 0 Å². The molecule has 1 amide bonds. The number of amides is 1. The van der Waals surface area contributed by atoms with Crippen LogP contribution in [0.1, 0.15) is 30.4 Å². The fourth-order valence-corrected chi connectivity index (χ4v) is 4.75. The van der Waals surface area contributed by atoms with E-state index < -0.39 is 11.7 Å². The van der Waals surface area contributed by atoms with Crippen molar-refractivity contribution in [3.8, 4) is 0 Å². The lowest BCUT2D eigenvalue weighted by Crippen LogP contribution is -2.53. The molecule has 0 aromatic heterocycles. The maximum absolute atomic E-state index is 12.6. The van der Waals surface area contributed by atoms with Crippen molar-refractivity contribution >= 4 is 5.91 Å². The maximum atomic E-state index is 12.6. The fourth-order valence-electron chi connectivity index (χ4n) is 4.75. The Kier molecular flexibility index (Phi) is 7.58. The normalized spacial score (nSPS) is 24.7. The van der Waals surface area contributed by atoms with Crippen LogP contribution in [0.15, 0.2) is 60.7 Å². The van der Waals surface area contributed by atoms with Crippen LogP contribution in [0.4, 0.5) is 0 Å². The molecule has 6 nitrogen and oxygen atoms in total. The first kappa shape index (κ1) is 22.9. The predicted octanol–water partition coefficient (Wildman–Crippen LogP) is 1.81. The zero-order chi connectivity index (χ0) is 22.4. The Morgan fingerprint density at radius 1 is 1.00 bits per heavy atom. The van der Waals surface area contributed by atoms with E-state index in [0.717, 1.165) is 38.0 Å². The molecule has 0 bridgehead atoms. The largest absolute Gasteiger partial charge is 0.388 e. The number of likely N-dealkylation sites (tertiary alicyclic amines) is 2. The van der Waals surface area contributed by atoms with Gasteiger partial charge in [0.1, 0.15) is 11.7 Å². The van der Waals surface area contributed by atoms with E-state index in [9.17, 15) is 15.0 Å². The molecule has 172 valence electrons. The summed E-state index contributed by atoms with van der Waals surface area (Å²) in [5, 5.41) is 25.0. The summed E-state index contributed by atoms with van der Waals surface area (Å²) in [6.07, 6.45) is 2.16. The topological polar surface area (TPSA) is 76.0 Å². The number of aryl methyl sites for hydroxylation is 1. The molecule has 4 rings (SSSR count). The number of rotatable bonds is 8. The zero-order valence-electron chi connectivity index (χ0n) is 18.7. The molecule has 0 spiro atoms. The first-order valence-electron chi connectivity index (χ1n) is 11.7. The lowest BCUT2D eigenvalue weighted by atomic mass is 9.98. The highest BCUT2D eigenvalue weighted by Gasteiger charge is 2.46. The molecule has 32 heavy (non-hydrogen) atoms. The van der Waals surface area contributed by atoms with Crippen molar-refractivity contribution < 1.29 is 15.0 Å². The number of piperidine rings is 1. The molecule has 2 atom stereocenters. The van der Waals surface area contributed by atoms with Crippen LogP contribution in [-0.2, 0) is 17.8 Å². The monoisotopic (exact) mass is 437 g/mol. The van der Waals surface area contributed by atoms with Gasteiger partial charge in [0.15, 0.2) is 0 Å². The number of nitrogens with one attached hydrogen (secondary N) is 1. The quantitative estimate of drug-likeness (QED) is 0.587. The average Bonchev–Trinajstić information content (AvgIpc) is 3.13. The second kappa shape index (κ2) is 10.6. The third-order valence-electron chi connectivity index (χ3n) is 6.83. The van der Waals surface area contributed by atoms with E-state index in [1.807, 2.05) is 36.4 Å². The Bertz CT molecular complexity index is 855. The van der Waals surface area contributed by atoms with Gasteiger partial charge in [-0.05, 0) is 43.5 Å². The first-order valence-corrected chi connectivity index (χ1v) is 11.7. The SMILES string of the molecule is O=C(CCc1ccccc1)N1C[C@@H](O)[C@](O)(CNC2CCN(Cc3ccccc3)CC2)C1. The van der Waals surface area contributed by atoms with Crippen LogP contribution in [0.2, 0.25) is 0 Å². The van der Waals surface area contributed by atoms with Crippen molar-refractivity contribution in [2.75, 3.05) is 32.7 Å². The summed E-state index contributed by atoms with van der Waals surface area (Å²) in [6, 6.07) is 20.8. The van der Waals surface area contributed by atoms with Crippen LogP contribution < -0.4 is 5.32 Å². The second-order valence-electron chi connectivity index (χ2n) is 9.30. The molecule has 6 heteroatoms. The van der Waals surface area contributed by atoms with Gasteiger partial charge < -0.3 is 20.4 Å². The van der Waals surface area contributed by atoms with Crippen LogP contribution in [-0.4, -0.2) is 76.4 Å². The molecule has 0 radical (unpaired) electrons. The van der Waals surface area contributed by atoms with E-state index in [2.05, 4.69) is 34.5 Å². The number of carbonyl (C=O) groups excluding carboxylic acids is 1. The molecule has 2 heterocycles. The Morgan fingerprint density at radius 2 is 1.62 bits per heavy atom. The minimum Gasteiger partial charge on any atom is -0.388 e. The van der Waals surface area contributed by atoms with Crippen LogP contribution in [0.25, 0.3) is 0 Å². The van der Waals surface area contributed by atoms with Crippen LogP contribution in [0.3, 0.4) is 0 Å². The summed E-state index contributed by atoms with van der Waals surface area (Å²) in [5.41, 5.74) is 1.17. The number of hydrogen-bond acceptors (Lipinski definition) is 5. The highest BCUT2D eigenvalue weighted by molar-refractivity contribution is 5.77. The Morgan fingerprint density at radius 3 is 2.28 bits per heavy atom. The van der Waals surface area contributed by atoms with E-state index in [-0.39, 0.29) is 19.0 Å². The Hall–Kier alpha value is -2.25. The number of hydrogen-bond donors (Lipinski definition) is 3. The highest BCUT2D eigenvalue weighted by Crippen LogP contribution is 2.23. The molecule has 0 unspecified atom stereocenters. The predicted molar refractivity (Wildman–Crippen MR) is 125 cm³/mol. The third-order valence-corrected chi connectivity index (χ3v) is 6.83. The molecule has 2 aromatic rings. The minimum absolute atomic E-state index is 0.0157. The number of aliphatic hydroxyl groups excluding tert-OH is 1. The standard InChI is InChI=1S/C26H35N3O3/c30-24-18-29(25(31)12-11-21-7-3-1-4-8-21)20-26(24,32)19-27-23-13-15-28(16-14-23)17-22-9-5-2-6-10-22/h1-10,23-24,27,30,32H,11-20H2/t24-,26+/m1/s1. The van der Waals surface area contributed by atoms with E-state index in [0.29, 0.717) is 25.4 Å². The van der Waals surface area contributed by atoms with Crippen LogP contribution in [0, 0.1) is 0 Å². The number of nitrogens with zero attached hydrogens (tertiary/aromatic N) is 2. The first-order chi connectivity index (χ1) is 15.5. The van der Waals surface area contributed by atoms with Gasteiger partial charge in [-0.2, -0.15) is 0 Å². The molecular weight excluding hydrogens is 402 g/mol. The van der Waals surface area contributed by atoms with Gasteiger partial charge in [0, 0.05) is 32.1 Å². The van der Waals surface area contributed by atoms with E-state index in [1.165, 1.54) is 5.56 Å². The Balaban J connectivity index is 1.20. The Labute approximate surface area is 190 Å². The molecule has 2 aliphatic heterocycles. The number of benzene rings is 2. The van der Waals surface area contributed by atoms with Crippen molar-refractivity contribution in [3.05, 3.63) is 71.8 Å². The molecule has 0 aliphatic carbocycles. The summed E-state index contributed by atoms with van der Waals surface area (Å²) in [7, 11) is 0. The minimum atomic E-state index is -1.29. The molecule has 0 saturated carbocycles. The lowest BCUT2D eigenvalue weighted by molar-refractivity contribution is -0.131. The van der Waals surface area contributed by atoms with E-state index in [1.54, 1.807) is 4.90 Å². The molecule has 2 saturated heterocycles. The van der Waals surface area contributed by atoms with E-state index >= 15 is 0 Å². The average molecular weight is 438 g/mol. The van der Waals surface area contributed by atoms with Crippen LogP contribution >= 0.6 is 0 Å². The highest BCUT2D eigenvalue weighted by atomic mass is 16.3. The van der Waals surface area contributed by atoms with Gasteiger partial charge in [-0.3, -0.25) is 9.69 Å². The molecule has 2 aromatic carbocycles. The maximum Gasteiger partial charge on any atom is 0.223 e. The number of β-amino-alcohol motifs (C(OH)–C–C–N with tert-alkyl or cyclic N) is 2. The summed E-state index contributed by atoms with van der Waals surface area (Å²) >= 11 is 0. The summed E-state index contributed by atoms with van der Waals surface area (Å²) in [6.45, 7) is 3.68. The second-order valence-corrected chi connectivity index (χ2v) is 9.30. The summed E-state index contributed by atoms with van der Waals surface area (Å²) in [4.78, 5) is 16.7. The van der Waals surface area contributed by atoms with Gasteiger partial charge in [-0.25, -0.2) is 0 Å². The van der Waals surface area contributed by atoms with E-state index in [4.69, 9.17) is 0 Å². The van der Waals surface area contributed by atoms with Gasteiger partial charge in [-0.15, -0.1) is 0 Å². The summed E-state index contributed by atoms with van der Waals surface area (Å²) in [5.74, 6) is -0.0157. The van der Waals surface area contributed by atoms with Gasteiger partial charge in [-0.1, -0.05) is 60.7 Å². The van der Waals surface area contributed by atoms with Gasteiger partial charge in [0.05, 0.1) is 6.54 Å². The van der Waals surface area contributed by atoms with Crippen LogP contribution in [0.5, 0.6) is 0 Å². The third kappa shape index (κ3) is 5.95. The fraction of sp³-hybridized carbons (Fsp3) is 0.500. The molecule has 2 fully saturated rings. The van der Waals surface area contributed by atoms with Crippen molar-refractivity contribution in [3.63, 3.8) is 0 Å². The zero-order valence-corrected chi connectivity index (χ0v) is 18.7. The number of aliphatic hydroxyl groups is 2. The van der Waals surface area contributed by atoms with Gasteiger partial charge in [0.2, 0.25) is 5.91 Å². The van der Waals surface area contributed by atoms with Gasteiger partial charge >= 0.3 is 0 Å². The molecule has 3 N–H and O–H groups in total. The number of carbonyl (C=O) groups is 1. The van der Waals surface area contributed by atoms with Crippen molar-refractivity contribution in [2.24, 2.45) is 0 Å².